The minimum Gasteiger partial charge on any atom is -0.398 e. The van der Waals surface area contributed by atoms with Crippen LogP contribution in [0.5, 0.6) is 0 Å². The first kappa shape index (κ1) is 21.9. The van der Waals surface area contributed by atoms with Gasteiger partial charge >= 0.3 is 0 Å². The van der Waals surface area contributed by atoms with Gasteiger partial charge in [0.2, 0.25) is 0 Å². The molecule has 1 fully saturated rings. The van der Waals surface area contributed by atoms with Crippen LogP contribution in [0.15, 0.2) is 54.7 Å². The molecule has 4 rings (SSSR count). The van der Waals surface area contributed by atoms with Gasteiger partial charge in [0.15, 0.2) is 0 Å². The maximum atomic E-state index is 6.10. The van der Waals surface area contributed by atoms with Crippen molar-refractivity contribution in [3.05, 3.63) is 60.4 Å². The van der Waals surface area contributed by atoms with Gasteiger partial charge in [-0.15, -0.1) is 0 Å². The lowest BCUT2D eigenvalue weighted by molar-refractivity contribution is 0.0336. The molecule has 28 heavy (non-hydrogen) atoms. The summed E-state index contributed by atoms with van der Waals surface area (Å²) in [4.78, 5) is 7.04. The van der Waals surface area contributed by atoms with Crippen LogP contribution in [0.3, 0.4) is 0 Å². The molecular formula is C24H33N3O. The second-order valence-corrected chi connectivity index (χ2v) is 6.17. The Kier molecular flexibility index (Phi) is 8.92. The summed E-state index contributed by atoms with van der Waals surface area (Å²) < 4.78 is 5.39. The molecule has 1 saturated heterocycles. The molecule has 4 nitrogen and oxygen atoms in total. The summed E-state index contributed by atoms with van der Waals surface area (Å²) in [5.41, 5.74) is 10.3. The number of morpholine rings is 1. The molecule has 0 amide bonds. The Bertz CT molecular complexity index is 840. The number of hydrogen-bond acceptors (Lipinski definition) is 4. The molecule has 150 valence electrons. The molecule has 2 N–H and O–H groups in total. The van der Waals surface area contributed by atoms with Crippen LogP contribution in [0.1, 0.15) is 33.4 Å². The quantitative estimate of drug-likeness (QED) is 0.622. The molecule has 0 atom stereocenters. The summed E-state index contributed by atoms with van der Waals surface area (Å²) in [5.74, 6) is 0. The molecule has 0 unspecified atom stereocenters. The van der Waals surface area contributed by atoms with Crippen LogP contribution in [-0.4, -0.2) is 36.2 Å². The second kappa shape index (κ2) is 11.4. The third kappa shape index (κ3) is 5.31. The standard InChI is InChI=1S/C20H21N3O.2C2H6/c21-20-8-7-17(18-3-1-2-4-19(18)20)15-5-6-16(22-13-15)14-23-9-11-24-12-10-23;2*1-2/h1-8,13H,9-12,14,21H2;2*1-2H3. The van der Waals surface area contributed by atoms with Gasteiger partial charge in [-0.1, -0.05) is 64.1 Å². The molecule has 0 bridgehead atoms. The zero-order valence-corrected chi connectivity index (χ0v) is 17.6. The van der Waals surface area contributed by atoms with Crippen LogP contribution in [0.25, 0.3) is 21.9 Å². The first-order valence-corrected chi connectivity index (χ1v) is 10.3. The maximum Gasteiger partial charge on any atom is 0.0594 e. The third-order valence-corrected chi connectivity index (χ3v) is 4.58. The summed E-state index contributed by atoms with van der Waals surface area (Å²) in [6.45, 7) is 12.5. The molecule has 0 spiro atoms. The molecular weight excluding hydrogens is 346 g/mol. The van der Waals surface area contributed by atoms with Gasteiger partial charge in [-0.2, -0.15) is 0 Å². The fourth-order valence-electron chi connectivity index (χ4n) is 3.24. The summed E-state index contributed by atoms with van der Waals surface area (Å²) in [6, 6.07) is 16.6. The van der Waals surface area contributed by atoms with Crippen LogP contribution in [0.4, 0.5) is 5.69 Å². The fourth-order valence-corrected chi connectivity index (χ4v) is 3.24. The minimum absolute atomic E-state index is 0.811. The Labute approximate surface area is 169 Å². The summed E-state index contributed by atoms with van der Waals surface area (Å²) in [5, 5.41) is 2.26. The number of hydrogen-bond donors (Lipinski definition) is 1. The molecule has 3 aromatic rings. The van der Waals surface area contributed by atoms with Gasteiger partial charge < -0.3 is 10.5 Å². The van der Waals surface area contributed by atoms with Crippen LogP contribution in [0.2, 0.25) is 0 Å². The topological polar surface area (TPSA) is 51.4 Å². The van der Waals surface area contributed by atoms with E-state index in [9.17, 15) is 0 Å². The predicted molar refractivity (Wildman–Crippen MR) is 120 cm³/mol. The lowest BCUT2D eigenvalue weighted by Gasteiger charge is -2.26. The van der Waals surface area contributed by atoms with Crippen molar-refractivity contribution in [3.8, 4) is 11.1 Å². The van der Waals surface area contributed by atoms with Crippen molar-refractivity contribution in [2.75, 3.05) is 32.0 Å². The Balaban J connectivity index is 0.000000660. The molecule has 0 aliphatic carbocycles. The number of rotatable bonds is 3. The van der Waals surface area contributed by atoms with E-state index in [2.05, 4.69) is 40.2 Å². The SMILES string of the molecule is CC.CC.Nc1ccc(-c2ccc(CN3CCOCC3)nc2)c2ccccc12. The number of fused-ring (bicyclic) bond motifs is 1. The van der Waals surface area contributed by atoms with Gasteiger partial charge in [-0.25, -0.2) is 0 Å². The molecule has 1 aliphatic heterocycles. The summed E-state index contributed by atoms with van der Waals surface area (Å²) >= 11 is 0. The Morgan fingerprint density at radius 3 is 2.21 bits per heavy atom. The number of nitrogen functional groups attached to an aromatic ring is 1. The highest BCUT2D eigenvalue weighted by molar-refractivity contribution is 6.02. The van der Waals surface area contributed by atoms with Crippen LogP contribution in [-0.2, 0) is 11.3 Å². The minimum atomic E-state index is 0.811. The Hall–Kier alpha value is -2.43. The van der Waals surface area contributed by atoms with E-state index in [-0.39, 0.29) is 0 Å². The monoisotopic (exact) mass is 379 g/mol. The van der Waals surface area contributed by atoms with Gasteiger partial charge in [0.05, 0.1) is 18.9 Å². The van der Waals surface area contributed by atoms with Crippen molar-refractivity contribution in [2.24, 2.45) is 0 Å². The molecule has 1 aliphatic rings. The maximum absolute atomic E-state index is 6.10. The van der Waals surface area contributed by atoms with Crippen LogP contribution < -0.4 is 5.73 Å². The fraction of sp³-hybridized carbons (Fsp3) is 0.375. The van der Waals surface area contributed by atoms with Gasteiger partial charge in [0.25, 0.3) is 0 Å². The molecule has 1 aromatic heterocycles. The van der Waals surface area contributed by atoms with Crippen LogP contribution >= 0.6 is 0 Å². The molecule has 0 saturated carbocycles. The van der Waals surface area contributed by atoms with E-state index < -0.39 is 0 Å². The summed E-state index contributed by atoms with van der Waals surface area (Å²) in [7, 11) is 0. The predicted octanol–water partition coefficient (Wildman–Crippen LogP) is 5.37. The number of aromatic nitrogens is 1. The zero-order chi connectivity index (χ0) is 20.4. The van der Waals surface area contributed by atoms with Crippen molar-refractivity contribution in [3.63, 3.8) is 0 Å². The van der Waals surface area contributed by atoms with Gasteiger partial charge in [-0.05, 0) is 23.1 Å². The highest BCUT2D eigenvalue weighted by Crippen LogP contribution is 2.31. The van der Waals surface area contributed by atoms with E-state index >= 15 is 0 Å². The average Bonchev–Trinajstić information content (AvgIpc) is 2.78. The molecule has 2 aromatic carbocycles. The van der Waals surface area contributed by atoms with Gasteiger partial charge in [0.1, 0.15) is 0 Å². The average molecular weight is 380 g/mol. The number of nitrogens with zero attached hydrogens (tertiary/aromatic N) is 2. The van der Waals surface area contributed by atoms with E-state index in [0.717, 1.165) is 55.2 Å². The van der Waals surface area contributed by atoms with Crippen molar-refractivity contribution in [1.29, 1.82) is 0 Å². The van der Waals surface area contributed by atoms with E-state index in [1.165, 1.54) is 10.9 Å². The van der Waals surface area contributed by atoms with Crippen LogP contribution in [0, 0.1) is 0 Å². The second-order valence-electron chi connectivity index (χ2n) is 6.17. The lowest BCUT2D eigenvalue weighted by atomic mass is 9.98. The highest BCUT2D eigenvalue weighted by atomic mass is 16.5. The van der Waals surface area contributed by atoms with Crippen molar-refractivity contribution < 1.29 is 4.74 Å². The van der Waals surface area contributed by atoms with Gasteiger partial charge in [-0.3, -0.25) is 9.88 Å². The number of anilines is 1. The smallest absolute Gasteiger partial charge is 0.0594 e. The molecule has 4 heteroatoms. The number of benzene rings is 2. The first-order chi connectivity index (χ1) is 13.8. The Morgan fingerprint density at radius 1 is 0.893 bits per heavy atom. The van der Waals surface area contributed by atoms with E-state index in [4.69, 9.17) is 10.5 Å². The van der Waals surface area contributed by atoms with Crippen molar-refractivity contribution >= 4 is 16.5 Å². The van der Waals surface area contributed by atoms with Crippen molar-refractivity contribution in [2.45, 2.75) is 34.2 Å². The van der Waals surface area contributed by atoms with E-state index in [1.54, 1.807) is 0 Å². The molecule has 2 heterocycles. The number of pyridine rings is 1. The molecule has 0 radical (unpaired) electrons. The van der Waals surface area contributed by atoms with Gasteiger partial charge in [0, 0.05) is 42.5 Å². The summed E-state index contributed by atoms with van der Waals surface area (Å²) in [6.07, 6.45) is 1.97. The lowest BCUT2D eigenvalue weighted by Crippen LogP contribution is -2.35. The number of nitrogens with two attached hydrogens (primary N) is 1. The largest absolute Gasteiger partial charge is 0.398 e. The van der Waals surface area contributed by atoms with E-state index in [0.29, 0.717) is 0 Å². The zero-order valence-electron chi connectivity index (χ0n) is 17.6. The van der Waals surface area contributed by atoms with Crippen molar-refractivity contribution in [1.82, 2.24) is 9.88 Å². The first-order valence-electron chi connectivity index (χ1n) is 10.3. The highest BCUT2D eigenvalue weighted by Gasteiger charge is 2.12. The number of ether oxygens (including phenoxy) is 1. The Morgan fingerprint density at radius 2 is 1.57 bits per heavy atom. The third-order valence-electron chi connectivity index (χ3n) is 4.58. The normalized spacial score (nSPS) is 13.9. The van der Waals surface area contributed by atoms with E-state index in [1.807, 2.05) is 52.1 Å².